The molecular weight excluding hydrogens is 304 g/mol. The number of ketones is 1. The van der Waals surface area contributed by atoms with Crippen LogP contribution in [-0.2, 0) is 0 Å². The summed E-state index contributed by atoms with van der Waals surface area (Å²) < 4.78 is 5.61. The Morgan fingerprint density at radius 1 is 1.04 bits per heavy atom. The summed E-state index contributed by atoms with van der Waals surface area (Å²) in [6.07, 6.45) is 1.63. The van der Waals surface area contributed by atoms with Gasteiger partial charge in [-0.2, -0.15) is 0 Å². The van der Waals surface area contributed by atoms with E-state index < -0.39 is 0 Å². The summed E-state index contributed by atoms with van der Waals surface area (Å²) in [6, 6.07) is 14.0. The molecule has 24 heavy (non-hydrogen) atoms. The van der Waals surface area contributed by atoms with Crippen molar-refractivity contribution in [2.24, 2.45) is 0 Å². The number of furan rings is 1. The highest BCUT2D eigenvalue weighted by Crippen LogP contribution is 2.23. The van der Waals surface area contributed by atoms with Crippen LogP contribution in [0.15, 0.2) is 59.1 Å². The van der Waals surface area contributed by atoms with Crippen LogP contribution in [0.25, 0.3) is 11.3 Å². The molecule has 0 unspecified atom stereocenters. The zero-order valence-electron chi connectivity index (χ0n) is 13.4. The van der Waals surface area contributed by atoms with Gasteiger partial charge in [-0.1, -0.05) is 24.3 Å². The third kappa shape index (κ3) is 3.41. The molecule has 0 fully saturated rings. The molecular formula is C19H16N2O3. The minimum atomic E-state index is -0.361. The van der Waals surface area contributed by atoms with Gasteiger partial charge >= 0.3 is 0 Å². The number of carbonyl (C=O) groups is 2. The maximum absolute atomic E-state index is 12.2. The van der Waals surface area contributed by atoms with Crippen molar-refractivity contribution in [2.75, 3.05) is 5.32 Å². The van der Waals surface area contributed by atoms with Crippen molar-refractivity contribution in [3.8, 4) is 11.3 Å². The normalized spacial score (nSPS) is 10.4. The van der Waals surface area contributed by atoms with Crippen molar-refractivity contribution in [3.05, 3.63) is 71.6 Å². The third-order valence-corrected chi connectivity index (χ3v) is 3.56. The van der Waals surface area contributed by atoms with Crippen LogP contribution in [-0.4, -0.2) is 16.7 Å². The smallest absolute Gasteiger partial charge is 0.292 e. The van der Waals surface area contributed by atoms with E-state index in [2.05, 4.69) is 10.3 Å². The van der Waals surface area contributed by atoms with Gasteiger partial charge in [0.25, 0.3) is 5.91 Å². The predicted octanol–water partition coefficient (Wildman–Crippen LogP) is 4.10. The van der Waals surface area contributed by atoms with Gasteiger partial charge in [0, 0.05) is 17.3 Å². The van der Waals surface area contributed by atoms with E-state index in [0.717, 1.165) is 11.1 Å². The molecule has 0 aliphatic carbocycles. The third-order valence-electron chi connectivity index (χ3n) is 3.56. The lowest BCUT2D eigenvalue weighted by Gasteiger charge is -2.03. The first-order chi connectivity index (χ1) is 11.5. The summed E-state index contributed by atoms with van der Waals surface area (Å²) in [5.41, 5.74) is 2.44. The average Bonchev–Trinajstić information content (AvgIpc) is 3.05. The molecule has 0 saturated carbocycles. The van der Waals surface area contributed by atoms with Gasteiger partial charge in [-0.05, 0) is 43.7 Å². The van der Waals surface area contributed by atoms with Crippen molar-refractivity contribution >= 4 is 17.5 Å². The van der Waals surface area contributed by atoms with E-state index in [0.29, 0.717) is 17.1 Å². The average molecular weight is 320 g/mol. The van der Waals surface area contributed by atoms with Crippen molar-refractivity contribution in [1.82, 2.24) is 4.98 Å². The van der Waals surface area contributed by atoms with Gasteiger partial charge in [0.2, 0.25) is 0 Å². The zero-order valence-corrected chi connectivity index (χ0v) is 13.4. The van der Waals surface area contributed by atoms with E-state index in [4.69, 9.17) is 4.42 Å². The second kappa shape index (κ2) is 6.50. The fourth-order valence-corrected chi connectivity index (χ4v) is 2.27. The van der Waals surface area contributed by atoms with Crippen molar-refractivity contribution in [1.29, 1.82) is 0 Å². The Balaban J connectivity index is 1.77. The molecule has 1 aromatic carbocycles. The van der Waals surface area contributed by atoms with Gasteiger partial charge in [-0.3, -0.25) is 9.59 Å². The molecule has 0 saturated heterocycles. The van der Waals surface area contributed by atoms with Crippen molar-refractivity contribution in [2.45, 2.75) is 13.8 Å². The van der Waals surface area contributed by atoms with E-state index >= 15 is 0 Å². The van der Waals surface area contributed by atoms with Gasteiger partial charge in [0.15, 0.2) is 11.5 Å². The maximum atomic E-state index is 12.2. The topological polar surface area (TPSA) is 72.2 Å². The summed E-state index contributed by atoms with van der Waals surface area (Å²) in [4.78, 5) is 27.6. The lowest BCUT2D eigenvalue weighted by Crippen LogP contribution is -2.11. The number of hydrogen-bond donors (Lipinski definition) is 1. The number of nitrogens with one attached hydrogen (secondary N) is 1. The lowest BCUT2D eigenvalue weighted by molar-refractivity contribution is 0.0994. The molecule has 0 spiro atoms. The standard InChI is InChI=1S/C19H16N2O3/c1-12-9-10-20-18(11-12)21-19(23)17-8-7-16(24-17)15-5-3-14(4-6-15)13(2)22/h3-11H,1-2H3,(H,20,21,23). The highest BCUT2D eigenvalue weighted by Gasteiger charge is 2.13. The second-order valence-corrected chi connectivity index (χ2v) is 5.47. The predicted molar refractivity (Wildman–Crippen MR) is 91.1 cm³/mol. The Morgan fingerprint density at radius 3 is 2.46 bits per heavy atom. The number of hydrogen-bond acceptors (Lipinski definition) is 4. The van der Waals surface area contributed by atoms with Gasteiger partial charge in [-0.25, -0.2) is 4.98 Å². The Morgan fingerprint density at radius 2 is 1.79 bits per heavy atom. The Bertz CT molecular complexity index is 895. The molecule has 0 radical (unpaired) electrons. The molecule has 1 N–H and O–H groups in total. The van der Waals surface area contributed by atoms with Crippen LogP contribution >= 0.6 is 0 Å². The fourth-order valence-electron chi connectivity index (χ4n) is 2.27. The number of anilines is 1. The molecule has 5 nitrogen and oxygen atoms in total. The summed E-state index contributed by atoms with van der Waals surface area (Å²) >= 11 is 0. The second-order valence-electron chi connectivity index (χ2n) is 5.47. The minimum absolute atomic E-state index is 0.00622. The Hall–Kier alpha value is -3.21. The van der Waals surface area contributed by atoms with Crippen LogP contribution in [0, 0.1) is 6.92 Å². The fraction of sp³-hybridized carbons (Fsp3) is 0.105. The van der Waals surface area contributed by atoms with Crippen LogP contribution in [0.2, 0.25) is 0 Å². The first kappa shape index (κ1) is 15.7. The minimum Gasteiger partial charge on any atom is -0.451 e. The number of benzene rings is 1. The summed E-state index contributed by atoms with van der Waals surface area (Å²) in [7, 11) is 0. The number of aryl methyl sites for hydroxylation is 1. The number of rotatable bonds is 4. The first-order valence-corrected chi connectivity index (χ1v) is 7.48. The van der Waals surface area contributed by atoms with Crippen molar-refractivity contribution < 1.29 is 14.0 Å². The zero-order chi connectivity index (χ0) is 17.1. The van der Waals surface area contributed by atoms with E-state index in [9.17, 15) is 9.59 Å². The van der Waals surface area contributed by atoms with Crippen LogP contribution in [0.5, 0.6) is 0 Å². The van der Waals surface area contributed by atoms with Gasteiger partial charge in [0.05, 0.1) is 0 Å². The molecule has 0 aliphatic rings. The summed E-state index contributed by atoms with van der Waals surface area (Å²) in [5.74, 6) is 0.881. The van der Waals surface area contributed by atoms with Gasteiger partial charge in [-0.15, -0.1) is 0 Å². The van der Waals surface area contributed by atoms with Gasteiger partial charge in [0.1, 0.15) is 11.6 Å². The quantitative estimate of drug-likeness (QED) is 0.734. The van der Waals surface area contributed by atoms with Crippen LogP contribution in [0.1, 0.15) is 33.4 Å². The Kier molecular flexibility index (Phi) is 4.24. The highest BCUT2D eigenvalue weighted by molar-refractivity contribution is 6.02. The lowest BCUT2D eigenvalue weighted by atomic mass is 10.1. The van der Waals surface area contributed by atoms with Crippen molar-refractivity contribution in [3.63, 3.8) is 0 Å². The number of carbonyl (C=O) groups excluding carboxylic acids is 2. The molecule has 3 aromatic rings. The maximum Gasteiger partial charge on any atom is 0.292 e. The Labute approximate surface area is 139 Å². The largest absolute Gasteiger partial charge is 0.451 e. The molecule has 5 heteroatoms. The number of aromatic nitrogens is 1. The van der Waals surface area contributed by atoms with E-state index in [1.165, 1.54) is 6.92 Å². The number of Topliss-reactive ketones (excluding diaryl/α,β-unsaturated/α-hetero) is 1. The molecule has 3 rings (SSSR count). The number of pyridine rings is 1. The number of nitrogens with zero attached hydrogens (tertiary/aromatic N) is 1. The molecule has 1 amide bonds. The molecule has 2 aromatic heterocycles. The summed E-state index contributed by atoms with van der Waals surface area (Å²) in [6.45, 7) is 3.44. The van der Waals surface area contributed by atoms with E-state index in [-0.39, 0.29) is 17.5 Å². The van der Waals surface area contributed by atoms with E-state index in [1.54, 1.807) is 48.7 Å². The molecule has 0 aliphatic heterocycles. The number of amides is 1. The summed E-state index contributed by atoms with van der Waals surface area (Å²) in [5, 5.41) is 2.70. The van der Waals surface area contributed by atoms with Crippen LogP contribution < -0.4 is 5.32 Å². The monoisotopic (exact) mass is 320 g/mol. The first-order valence-electron chi connectivity index (χ1n) is 7.48. The SMILES string of the molecule is CC(=O)c1ccc(-c2ccc(C(=O)Nc3cc(C)ccn3)o2)cc1. The highest BCUT2D eigenvalue weighted by atomic mass is 16.3. The molecule has 2 heterocycles. The van der Waals surface area contributed by atoms with E-state index in [1.807, 2.05) is 13.0 Å². The molecule has 0 bridgehead atoms. The molecule has 0 atom stereocenters. The van der Waals surface area contributed by atoms with Crippen LogP contribution in [0.3, 0.4) is 0 Å². The molecule has 120 valence electrons. The van der Waals surface area contributed by atoms with Gasteiger partial charge < -0.3 is 9.73 Å². The van der Waals surface area contributed by atoms with Crippen LogP contribution in [0.4, 0.5) is 5.82 Å².